The topological polar surface area (TPSA) is 46.6 Å². The number of hydrogen-bond donors (Lipinski definition) is 0. The number of benzene rings is 1. The number of anilines is 1. The third-order valence-electron chi connectivity index (χ3n) is 2.45. The summed E-state index contributed by atoms with van der Waals surface area (Å²) < 4.78 is 5.29. The van der Waals surface area contributed by atoms with Gasteiger partial charge in [0, 0.05) is 7.05 Å². The molecule has 0 saturated carbocycles. The quantitative estimate of drug-likeness (QED) is 0.648. The van der Waals surface area contributed by atoms with E-state index in [0.717, 1.165) is 0 Å². The summed E-state index contributed by atoms with van der Waals surface area (Å²) in [5.41, 5.74) is 1.17. The maximum absolute atomic E-state index is 11.4. The number of fused-ring (bicyclic) bond motifs is 1. The van der Waals surface area contributed by atoms with Crippen molar-refractivity contribution in [2.45, 2.75) is 6.92 Å². The van der Waals surface area contributed by atoms with Crippen LogP contribution in [0.3, 0.4) is 0 Å². The molecular formula is C11H11NO3. The van der Waals surface area contributed by atoms with E-state index >= 15 is 0 Å². The Bertz CT molecular complexity index is 439. The predicted molar refractivity (Wildman–Crippen MR) is 55.4 cm³/mol. The summed E-state index contributed by atoms with van der Waals surface area (Å²) in [6.45, 7) is 1.48. The van der Waals surface area contributed by atoms with Gasteiger partial charge >= 0.3 is 0 Å². The van der Waals surface area contributed by atoms with Crippen LogP contribution in [-0.4, -0.2) is 25.3 Å². The van der Waals surface area contributed by atoms with Gasteiger partial charge in [-0.3, -0.25) is 9.59 Å². The molecule has 1 aliphatic heterocycles. The van der Waals surface area contributed by atoms with Crippen LogP contribution in [-0.2, 0) is 4.79 Å². The Labute approximate surface area is 87.4 Å². The Morgan fingerprint density at radius 1 is 1.47 bits per heavy atom. The number of carbonyl (C=O) groups is 2. The molecule has 0 fully saturated rings. The maximum Gasteiger partial charge on any atom is 0.264 e. The molecule has 0 unspecified atom stereocenters. The fourth-order valence-corrected chi connectivity index (χ4v) is 1.58. The molecule has 0 aromatic heterocycles. The van der Waals surface area contributed by atoms with Gasteiger partial charge in [0.2, 0.25) is 0 Å². The first-order valence-corrected chi connectivity index (χ1v) is 4.64. The SMILES string of the molecule is CC(=O)c1cccc2c1OCC(=O)N2C. The average Bonchev–Trinajstić information content (AvgIpc) is 2.23. The van der Waals surface area contributed by atoms with Gasteiger partial charge in [-0.1, -0.05) is 6.07 Å². The highest BCUT2D eigenvalue weighted by Gasteiger charge is 2.25. The molecule has 1 amide bonds. The number of amides is 1. The van der Waals surface area contributed by atoms with Crippen LogP contribution in [0.15, 0.2) is 18.2 Å². The molecule has 1 aromatic rings. The van der Waals surface area contributed by atoms with Crippen LogP contribution in [0.4, 0.5) is 5.69 Å². The van der Waals surface area contributed by atoms with E-state index in [0.29, 0.717) is 17.0 Å². The zero-order valence-electron chi connectivity index (χ0n) is 8.61. The maximum atomic E-state index is 11.4. The highest BCUT2D eigenvalue weighted by molar-refractivity contribution is 6.03. The minimum atomic E-state index is -0.108. The number of rotatable bonds is 1. The number of ketones is 1. The summed E-state index contributed by atoms with van der Waals surface area (Å²) in [4.78, 5) is 24.2. The number of hydrogen-bond acceptors (Lipinski definition) is 3. The molecule has 0 aliphatic carbocycles. The summed E-state index contributed by atoms with van der Waals surface area (Å²) in [7, 11) is 1.67. The molecule has 0 spiro atoms. The van der Waals surface area contributed by atoms with Gasteiger partial charge in [0.25, 0.3) is 5.91 Å². The third-order valence-corrected chi connectivity index (χ3v) is 2.45. The smallest absolute Gasteiger partial charge is 0.264 e. The Morgan fingerprint density at radius 2 is 2.20 bits per heavy atom. The van der Waals surface area contributed by atoms with Crippen molar-refractivity contribution < 1.29 is 14.3 Å². The van der Waals surface area contributed by atoms with Crippen LogP contribution in [0.2, 0.25) is 0 Å². The van der Waals surface area contributed by atoms with E-state index in [-0.39, 0.29) is 18.3 Å². The number of carbonyl (C=O) groups excluding carboxylic acids is 2. The largest absolute Gasteiger partial charge is 0.481 e. The lowest BCUT2D eigenvalue weighted by molar-refractivity contribution is -0.121. The summed E-state index contributed by atoms with van der Waals surface area (Å²) in [5, 5.41) is 0. The van der Waals surface area contributed by atoms with E-state index in [2.05, 4.69) is 0 Å². The zero-order valence-corrected chi connectivity index (χ0v) is 8.61. The molecule has 1 aromatic carbocycles. The van der Waals surface area contributed by atoms with E-state index in [1.54, 1.807) is 25.2 Å². The number of likely N-dealkylation sites (N-methyl/N-ethyl adjacent to an activating group) is 1. The van der Waals surface area contributed by atoms with Crippen molar-refractivity contribution >= 4 is 17.4 Å². The Balaban J connectivity index is 2.58. The molecule has 2 rings (SSSR count). The molecule has 0 radical (unpaired) electrons. The number of nitrogens with zero attached hydrogens (tertiary/aromatic N) is 1. The van der Waals surface area contributed by atoms with E-state index in [1.165, 1.54) is 11.8 Å². The molecule has 15 heavy (non-hydrogen) atoms. The minimum Gasteiger partial charge on any atom is -0.481 e. The molecule has 1 heterocycles. The van der Waals surface area contributed by atoms with Gasteiger partial charge in [0.1, 0.15) is 0 Å². The first-order chi connectivity index (χ1) is 7.11. The molecule has 0 saturated heterocycles. The van der Waals surface area contributed by atoms with Crippen molar-refractivity contribution in [3.05, 3.63) is 23.8 Å². The number of ether oxygens (including phenoxy) is 1. The fraction of sp³-hybridized carbons (Fsp3) is 0.273. The molecule has 0 atom stereocenters. The average molecular weight is 205 g/mol. The second-order valence-electron chi connectivity index (χ2n) is 3.45. The lowest BCUT2D eigenvalue weighted by atomic mass is 10.1. The van der Waals surface area contributed by atoms with Crippen molar-refractivity contribution in [2.24, 2.45) is 0 Å². The van der Waals surface area contributed by atoms with Gasteiger partial charge in [-0.25, -0.2) is 0 Å². The summed E-state index contributed by atoms with van der Waals surface area (Å²) in [6.07, 6.45) is 0. The third kappa shape index (κ3) is 1.48. The van der Waals surface area contributed by atoms with E-state index in [9.17, 15) is 9.59 Å². The lowest BCUT2D eigenvalue weighted by Gasteiger charge is -2.26. The van der Waals surface area contributed by atoms with Crippen LogP contribution in [0.25, 0.3) is 0 Å². The number of para-hydroxylation sites is 1. The van der Waals surface area contributed by atoms with Crippen molar-refractivity contribution in [3.63, 3.8) is 0 Å². The number of Topliss-reactive ketones (excluding diaryl/α,β-unsaturated/α-hetero) is 1. The summed E-state index contributed by atoms with van der Waals surface area (Å²) in [6, 6.07) is 5.21. The van der Waals surface area contributed by atoms with Gasteiger partial charge in [-0.05, 0) is 19.1 Å². The van der Waals surface area contributed by atoms with Crippen LogP contribution in [0.1, 0.15) is 17.3 Å². The van der Waals surface area contributed by atoms with Crippen molar-refractivity contribution in [1.29, 1.82) is 0 Å². The fourth-order valence-electron chi connectivity index (χ4n) is 1.58. The second-order valence-corrected chi connectivity index (χ2v) is 3.45. The van der Waals surface area contributed by atoms with Gasteiger partial charge in [0.05, 0.1) is 11.3 Å². The predicted octanol–water partition coefficient (Wildman–Crippen LogP) is 1.24. The Morgan fingerprint density at radius 3 is 2.87 bits per heavy atom. The van der Waals surface area contributed by atoms with Gasteiger partial charge in [-0.15, -0.1) is 0 Å². The molecule has 0 bridgehead atoms. The van der Waals surface area contributed by atoms with Crippen molar-refractivity contribution in [1.82, 2.24) is 0 Å². The van der Waals surface area contributed by atoms with Crippen LogP contribution in [0.5, 0.6) is 5.75 Å². The minimum absolute atomic E-state index is 0.00616. The van der Waals surface area contributed by atoms with Crippen LogP contribution >= 0.6 is 0 Å². The first-order valence-electron chi connectivity index (χ1n) is 4.64. The van der Waals surface area contributed by atoms with Crippen molar-refractivity contribution in [3.8, 4) is 5.75 Å². The second kappa shape index (κ2) is 3.38. The Hall–Kier alpha value is -1.84. The van der Waals surface area contributed by atoms with E-state index in [1.807, 2.05) is 0 Å². The Kier molecular flexibility index (Phi) is 2.19. The summed E-state index contributed by atoms with van der Waals surface area (Å²) in [5.74, 6) is 0.338. The van der Waals surface area contributed by atoms with Gasteiger partial charge in [-0.2, -0.15) is 0 Å². The highest BCUT2D eigenvalue weighted by Crippen LogP contribution is 2.34. The van der Waals surface area contributed by atoms with E-state index < -0.39 is 0 Å². The van der Waals surface area contributed by atoms with Crippen LogP contribution < -0.4 is 9.64 Å². The standard InChI is InChI=1S/C11H11NO3/c1-7(13)8-4-3-5-9-11(8)15-6-10(14)12(9)2/h3-5H,6H2,1-2H3. The molecule has 4 nitrogen and oxygen atoms in total. The van der Waals surface area contributed by atoms with Crippen molar-refractivity contribution in [2.75, 3.05) is 18.6 Å². The van der Waals surface area contributed by atoms with Crippen LogP contribution in [0, 0.1) is 0 Å². The summed E-state index contributed by atoms with van der Waals surface area (Å²) >= 11 is 0. The monoisotopic (exact) mass is 205 g/mol. The molecule has 1 aliphatic rings. The lowest BCUT2D eigenvalue weighted by Crippen LogP contribution is -2.35. The van der Waals surface area contributed by atoms with Gasteiger partial charge < -0.3 is 9.64 Å². The molecule has 78 valence electrons. The normalized spacial score (nSPS) is 14.5. The van der Waals surface area contributed by atoms with E-state index in [4.69, 9.17) is 4.74 Å². The zero-order chi connectivity index (χ0) is 11.0. The molecular weight excluding hydrogens is 194 g/mol. The first kappa shape index (κ1) is 9.71. The molecule has 4 heteroatoms. The highest BCUT2D eigenvalue weighted by atomic mass is 16.5. The molecule has 0 N–H and O–H groups in total. The van der Waals surface area contributed by atoms with Gasteiger partial charge in [0.15, 0.2) is 18.1 Å².